The summed E-state index contributed by atoms with van der Waals surface area (Å²) in [6, 6.07) is 0. The molecule has 6 heteroatoms. The van der Waals surface area contributed by atoms with Crippen LogP contribution in [-0.2, 0) is 28.6 Å². The number of rotatable bonds is 38. The molecule has 0 aromatic heterocycles. The second kappa shape index (κ2) is 39.7. The van der Waals surface area contributed by atoms with Crippen LogP contribution >= 0.6 is 0 Å². The Bertz CT molecular complexity index is 819. The van der Waals surface area contributed by atoms with Crippen molar-refractivity contribution >= 4 is 17.9 Å². The molecule has 0 aromatic carbocycles. The molecule has 0 radical (unpaired) electrons. The van der Waals surface area contributed by atoms with Gasteiger partial charge in [0.1, 0.15) is 13.2 Å². The molecule has 0 aliphatic carbocycles. The van der Waals surface area contributed by atoms with Gasteiger partial charge >= 0.3 is 17.9 Å². The molecular weight excluding hydrogens is 624 g/mol. The van der Waals surface area contributed by atoms with Gasteiger partial charge in [0.25, 0.3) is 0 Å². The molecule has 0 bridgehead atoms. The zero-order chi connectivity index (χ0) is 36.6. The van der Waals surface area contributed by atoms with Gasteiger partial charge < -0.3 is 14.2 Å². The highest BCUT2D eigenvalue weighted by molar-refractivity contribution is 5.71. The van der Waals surface area contributed by atoms with Gasteiger partial charge in [0.05, 0.1) is 0 Å². The van der Waals surface area contributed by atoms with Gasteiger partial charge in [-0.1, -0.05) is 167 Å². The third-order valence-electron chi connectivity index (χ3n) is 9.18. The lowest BCUT2D eigenvalue weighted by Crippen LogP contribution is -2.30. The van der Waals surface area contributed by atoms with Crippen molar-refractivity contribution in [3.8, 4) is 0 Å². The van der Waals surface area contributed by atoms with Gasteiger partial charge in [-0.05, 0) is 57.8 Å². The van der Waals surface area contributed by atoms with Crippen molar-refractivity contribution in [2.24, 2.45) is 0 Å². The summed E-state index contributed by atoms with van der Waals surface area (Å²) in [4.78, 5) is 37.5. The van der Waals surface area contributed by atoms with E-state index in [0.717, 1.165) is 77.0 Å². The third-order valence-corrected chi connectivity index (χ3v) is 9.18. The lowest BCUT2D eigenvalue weighted by Gasteiger charge is -2.18. The smallest absolute Gasteiger partial charge is 0.306 e. The Balaban J connectivity index is 4.38. The third kappa shape index (κ3) is 37.2. The molecule has 0 amide bonds. The molecule has 1 atom stereocenters. The standard InChI is InChI=1S/C44H80O6/c1-4-7-10-13-16-19-22-25-28-31-34-37-43(46)49-40-41(39-48-42(45)36-33-30-27-24-21-18-15-12-9-6-3)50-44(47)38-35-32-29-26-23-20-17-14-11-8-5-2/h13-14,16-17,41H,4-12,15,18-40H2,1-3H3/b16-13-,17-14-/t41-/m1/s1. The van der Waals surface area contributed by atoms with Gasteiger partial charge in [0.2, 0.25) is 0 Å². The summed E-state index contributed by atoms with van der Waals surface area (Å²) in [5, 5.41) is 0. The molecule has 0 unspecified atom stereocenters. The summed E-state index contributed by atoms with van der Waals surface area (Å²) in [6.07, 6.45) is 41.6. The highest BCUT2D eigenvalue weighted by atomic mass is 16.6. The summed E-state index contributed by atoms with van der Waals surface area (Å²) in [5.74, 6) is -0.897. The first-order chi connectivity index (χ1) is 24.5. The van der Waals surface area contributed by atoms with E-state index in [1.807, 2.05) is 0 Å². The number of hydrogen-bond donors (Lipinski definition) is 0. The van der Waals surface area contributed by atoms with Gasteiger partial charge in [-0.2, -0.15) is 0 Å². The number of carbonyl (C=O) groups excluding carboxylic acids is 3. The fourth-order valence-electron chi connectivity index (χ4n) is 5.87. The second-order valence-corrected chi connectivity index (χ2v) is 14.3. The topological polar surface area (TPSA) is 78.9 Å². The molecule has 0 aromatic rings. The maximum Gasteiger partial charge on any atom is 0.306 e. The molecule has 0 fully saturated rings. The summed E-state index contributed by atoms with van der Waals surface area (Å²) in [5.41, 5.74) is 0. The predicted molar refractivity (Wildman–Crippen MR) is 210 cm³/mol. The van der Waals surface area contributed by atoms with Crippen molar-refractivity contribution in [1.82, 2.24) is 0 Å². The van der Waals surface area contributed by atoms with Gasteiger partial charge in [0, 0.05) is 19.3 Å². The summed E-state index contributed by atoms with van der Waals surface area (Å²) in [7, 11) is 0. The van der Waals surface area contributed by atoms with E-state index in [9.17, 15) is 14.4 Å². The molecule has 6 nitrogen and oxygen atoms in total. The summed E-state index contributed by atoms with van der Waals surface area (Å²) < 4.78 is 16.6. The van der Waals surface area contributed by atoms with Crippen LogP contribution in [0.5, 0.6) is 0 Å². The van der Waals surface area contributed by atoms with E-state index in [2.05, 4.69) is 45.1 Å². The van der Waals surface area contributed by atoms with Gasteiger partial charge in [0.15, 0.2) is 6.10 Å². The Morgan fingerprint density at radius 3 is 1.06 bits per heavy atom. The van der Waals surface area contributed by atoms with Crippen LogP contribution in [0.1, 0.15) is 220 Å². The minimum atomic E-state index is -0.770. The van der Waals surface area contributed by atoms with Crippen molar-refractivity contribution in [2.45, 2.75) is 226 Å². The number of hydrogen-bond acceptors (Lipinski definition) is 6. The minimum absolute atomic E-state index is 0.0751. The Labute approximate surface area is 309 Å². The molecule has 0 heterocycles. The van der Waals surface area contributed by atoms with E-state index in [1.165, 1.54) is 103 Å². The summed E-state index contributed by atoms with van der Waals surface area (Å²) in [6.45, 7) is 6.52. The monoisotopic (exact) mass is 705 g/mol. The molecule has 50 heavy (non-hydrogen) atoms. The number of esters is 3. The SMILES string of the molecule is CCCC/C=C\CCCCCCCC(=O)OC[C@@H](COC(=O)CCCCCCCCCCCC)OC(=O)CCCCCCC/C=C\CCCC. The van der Waals surface area contributed by atoms with Crippen molar-refractivity contribution < 1.29 is 28.6 Å². The normalized spacial score (nSPS) is 12.1. The van der Waals surface area contributed by atoms with E-state index < -0.39 is 6.10 Å². The van der Waals surface area contributed by atoms with Crippen molar-refractivity contribution in [2.75, 3.05) is 13.2 Å². The molecule has 0 aliphatic rings. The lowest BCUT2D eigenvalue weighted by atomic mass is 10.1. The van der Waals surface area contributed by atoms with Crippen molar-refractivity contribution in [3.63, 3.8) is 0 Å². The quantitative estimate of drug-likeness (QED) is 0.0275. The first kappa shape index (κ1) is 47.9. The van der Waals surface area contributed by atoms with Crippen LogP contribution in [0.4, 0.5) is 0 Å². The molecule has 0 rings (SSSR count). The largest absolute Gasteiger partial charge is 0.462 e. The second-order valence-electron chi connectivity index (χ2n) is 14.3. The Morgan fingerprint density at radius 2 is 0.680 bits per heavy atom. The predicted octanol–water partition coefficient (Wildman–Crippen LogP) is 13.2. The van der Waals surface area contributed by atoms with Crippen LogP contribution in [0.15, 0.2) is 24.3 Å². The molecule has 0 spiro atoms. The first-order valence-corrected chi connectivity index (χ1v) is 21.3. The molecule has 0 aliphatic heterocycles. The van der Waals surface area contributed by atoms with Crippen LogP contribution in [0, 0.1) is 0 Å². The fraction of sp³-hybridized carbons (Fsp3) is 0.841. The highest BCUT2D eigenvalue weighted by Gasteiger charge is 2.19. The molecular formula is C44H80O6. The zero-order valence-corrected chi connectivity index (χ0v) is 33.2. The van der Waals surface area contributed by atoms with E-state index in [-0.39, 0.29) is 31.1 Å². The lowest BCUT2D eigenvalue weighted by molar-refractivity contribution is -0.167. The maximum atomic E-state index is 12.6. The first-order valence-electron chi connectivity index (χ1n) is 21.3. The maximum absolute atomic E-state index is 12.6. The Hall–Kier alpha value is -2.11. The molecule has 292 valence electrons. The average molecular weight is 705 g/mol. The van der Waals surface area contributed by atoms with Gasteiger partial charge in [-0.3, -0.25) is 14.4 Å². The van der Waals surface area contributed by atoms with Crippen LogP contribution in [0.2, 0.25) is 0 Å². The molecule has 0 N–H and O–H groups in total. The highest BCUT2D eigenvalue weighted by Crippen LogP contribution is 2.14. The van der Waals surface area contributed by atoms with E-state index >= 15 is 0 Å². The number of carbonyl (C=O) groups is 3. The fourth-order valence-corrected chi connectivity index (χ4v) is 5.87. The van der Waals surface area contributed by atoms with E-state index in [1.54, 1.807) is 0 Å². The average Bonchev–Trinajstić information content (AvgIpc) is 3.11. The van der Waals surface area contributed by atoms with Crippen molar-refractivity contribution in [3.05, 3.63) is 24.3 Å². The van der Waals surface area contributed by atoms with Crippen molar-refractivity contribution in [1.29, 1.82) is 0 Å². The zero-order valence-electron chi connectivity index (χ0n) is 33.2. The minimum Gasteiger partial charge on any atom is -0.462 e. The van der Waals surface area contributed by atoms with Crippen LogP contribution < -0.4 is 0 Å². The molecule has 0 saturated carbocycles. The Kier molecular flexibility index (Phi) is 38.0. The van der Waals surface area contributed by atoms with Gasteiger partial charge in [-0.25, -0.2) is 0 Å². The molecule has 0 saturated heterocycles. The van der Waals surface area contributed by atoms with E-state index in [4.69, 9.17) is 14.2 Å². The summed E-state index contributed by atoms with van der Waals surface area (Å²) >= 11 is 0. The van der Waals surface area contributed by atoms with E-state index in [0.29, 0.717) is 19.3 Å². The number of unbranched alkanes of at least 4 members (excludes halogenated alkanes) is 23. The van der Waals surface area contributed by atoms with Crippen LogP contribution in [0.25, 0.3) is 0 Å². The number of allylic oxidation sites excluding steroid dienone is 4. The van der Waals surface area contributed by atoms with Crippen LogP contribution in [-0.4, -0.2) is 37.2 Å². The number of ether oxygens (including phenoxy) is 3. The van der Waals surface area contributed by atoms with Gasteiger partial charge in [-0.15, -0.1) is 0 Å². The van der Waals surface area contributed by atoms with Crippen LogP contribution in [0.3, 0.4) is 0 Å². The Morgan fingerprint density at radius 1 is 0.380 bits per heavy atom.